The first-order valence-electron chi connectivity index (χ1n) is 10.0. The molecule has 1 spiro atoms. The smallest absolute Gasteiger partial charge is 0.253 e. The van der Waals surface area contributed by atoms with Gasteiger partial charge in [0.2, 0.25) is 0 Å². The molecule has 0 aliphatic carbocycles. The van der Waals surface area contributed by atoms with E-state index in [-0.39, 0.29) is 29.8 Å². The second-order valence-corrected chi connectivity index (χ2v) is 8.10. The molecule has 2 amide bonds. The highest BCUT2D eigenvalue weighted by atomic mass is 19.1. The van der Waals surface area contributed by atoms with E-state index in [4.69, 9.17) is 0 Å². The normalized spacial score (nSPS) is 20.8. The summed E-state index contributed by atoms with van der Waals surface area (Å²) in [6.07, 6.45) is 1.44. The van der Waals surface area contributed by atoms with Crippen LogP contribution in [0.1, 0.15) is 33.6 Å². The molecule has 2 aliphatic heterocycles. The molecule has 1 unspecified atom stereocenters. The number of amides is 2. The Bertz CT molecular complexity index is 894. The average molecular weight is 396 g/mol. The van der Waals surface area contributed by atoms with Crippen LogP contribution in [0.2, 0.25) is 0 Å². The van der Waals surface area contributed by atoms with Crippen molar-refractivity contribution in [1.29, 1.82) is 0 Å². The van der Waals surface area contributed by atoms with Gasteiger partial charge >= 0.3 is 0 Å². The SMILES string of the molecule is O=C(c1cccc(F)c1)N1CCC2(CC1)CN(C(=O)c1ccccc1)CC2CO. The first-order valence-corrected chi connectivity index (χ1v) is 10.0. The molecule has 0 radical (unpaired) electrons. The topological polar surface area (TPSA) is 60.9 Å². The summed E-state index contributed by atoms with van der Waals surface area (Å²) in [4.78, 5) is 29.2. The highest BCUT2D eigenvalue weighted by Gasteiger charge is 2.49. The summed E-state index contributed by atoms with van der Waals surface area (Å²) >= 11 is 0. The maximum absolute atomic E-state index is 13.5. The Morgan fingerprint density at radius 1 is 0.966 bits per heavy atom. The van der Waals surface area contributed by atoms with Crippen LogP contribution in [0.4, 0.5) is 4.39 Å². The summed E-state index contributed by atoms with van der Waals surface area (Å²) in [5, 5.41) is 9.98. The van der Waals surface area contributed by atoms with E-state index >= 15 is 0 Å². The highest BCUT2D eigenvalue weighted by Crippen LogP contribution is 2.45. The number of rotatable bonds is 3. The van der Waals surface area contributed by atoms with Gasteiger partial charge in [-0.25, -0.2) is 4.39 Å². The molecular weight excluding hydrogens is 371 g/mol. The second-order valence-electron chi connectivity index (χ2n) is 8.10. The molecule has 29 heavy (non-hydrogen) atoms. The number of likely N-dealkylation sites (tertiary alicyclic amines) is 2. The van der Waals surface area contributed by atoms with Crippen LogP contribution in [0.3, 0.4) is 0 Å². The minimum absolute atomic E-state index is 0.00147. The molecule has 2 aliphatic rings. The van der Waals surface area contributed by atoms with Crippen molar-refractivity contribution in [2.45, 2.75) is 12.8 Å². The number of aliphatic hydroxyl groups excluding tert-OH is 1. The summed E-state index contributed by atoms with van der Waals surface area (Å²) in [6.45, 7) is 2.23. The second kappa shape index (κ2) is 7.95. The Morgan fingerprint density at radius 2 is 1.62 bits per heavy atom. The van der Waals surface area contributed by atoms with Gasteiger partial charge in [-0.05, 0) is 48.6 Å². The standard InChI is InChI=1S/C23H25FN2O3/c24-20-8-4-7-18(13-20)22(29)25-11-9-23(10-12-25)16-26(14-19(23)15-27)21(28)17-5-2-1-3-6-17/h1-8,13,19,27H,9-12,14-16H2. The number of piperidine rings is 1. The Labute approximate surface area is 169 Å². The van der Waals surface area contributed by atoms with E-state index in [2.05, 4.69) is 0 Å². The molecule has 0 saturated carbocycles. The highest BCUT2D eigenvalue weighted by molar-refractivity contribution is 5.95. The summed E-state index contributed by atoms with van der Waals surface area (Å²) in [5.41, 5.74) is 0.824. The summed E-state index contributed by atoms with van der Waals surface area (Å²) in [5.74, 6) is -0.605. The molecule has 2 saturated heterocycles. The Hall–Kier alpha value is -2.73. The van der Waals surface area contributed by atoms with E-state index in [1.807, 2.05) is 35.2 Å². The van der Waals surface area contributed by atoms with Crippen molar-refractivity contribution in [3.05, 3.63) is 71.5 Å². The number of hydrogen-bond acceptors (Lipinski definition) is 3. The van der Waals surface area contributed by atoms with Gasteiger partial charge in [-0.1, -0.05) is 24.3 Å². The quantitative estimate of drug-likeness (QED) is 0.868. The number of nitrogens with zero attached hydrogens (tertiary/aromatic N) is 2. The number of benzene rings is 2. The summed E-state index contributed by atoms with van der Waals surface area (Å²) in [7, 11) is 0. The van der Waals surface area contributed by atoms with E-state index < -0.39 is 5.82 Å². The van der Waals surface area contributed by atoms with Crippen molar-refractivity contribution in [1.82, 2.24) is 9.80 Å². The van der Waals surface area contributed by atoms with Crippen molar-refractivity contribution in [2.24, 2.45) is 11.3 Å². The third-order valence-corrected chi connectivity index (χ3v) is 6.46. The Morgan fingerprint density at radius 3 is 2.28 bits per heavy atom. The van der Waals surface area contributed by atoms with Crippen LogP contribution in [0.5, 0.6) is 0 Å². The van der Waals surface area contributed by atoms with Gasteiger partial charge in [0.25, 0.3) is 11.8 Å². The van der Waals surface area contributed by atoms with Crippen LogP contribution < -0.4 is 0 Å². The van der Waals surface area contributed by atoms with Crippen LogP contribution in [-0.2, 0) is 0 Å². The molecule has 2 fully saturated rings. The minimum Gasteiger partial charge on any atom is -0.396 e. The van der Waals surface area contributed by atoms with Crippen molar-refractivity contribution in [2.75, 3.05) is 32.8 Å². The summed E-state index contributed by atoms with van der Waals surface area (Å²) in [6, 6.07) is 14.9. The van der Waals surface area contributed by atoms with E-state index in [0.717, 1.165) is 12.8 Å². The lowest BCUT2D eigenvalue weighted by atomic mass is 9.71. The number of halogens is 1. The molecule has 5 nitrogen and oxygen atoms in total. The van der Waals surface area contributed by atoms with Crippen LogP contribution in [0.15, 0.2) is 54.6 Å². The predicted octanol–water partition coefficient (Wildman–Crippen LogP) is 2.81. The average Bonchev–Trinajstić information content (AvgIpc) is 3.11. The largest absolute Gasteiger partial charge is 0.396 e. The maximum atomic E-state index is 13.5. The molecule has 152 valence electrons. The molecule has 0 bridgehead atoms. The predicted molar refractivity (Wildman–Crippen MR) is 107 cm³/mol. The lowest BCUT2D eigenvalue weighted by molar-refractivity contribution is 0.0395. The number of carbonyl (C=O) groups is 2. The monoisotopic (exact) mass is 396 g/mol. The van der Waals surface area contributed by atoms with Gasteiger partial charge in [0.1, 0.15) is 5.82 Å². The van der Waals surface area contributed by atoms with E-state index in [0.29, 0.717) is 37.3 Å². The van der Waals surface area contributed by atoms with Crippen molar-refractivity contribution < 1.29 is 19.1 Å². The molecule has 4 rings (SSSR count). The van der Waals surface area contributed by atoms with Gasteiger partial charge in [-0.2, -0.15) is 0 Å². The Kier molecular flexibility index (Phi) is 5.37. The molecular formula is C23H25FN2O3. The third-order valence-electron chi connectivity index (χ3n) is 6.46. The zero-order valence-electron chi connectivity index (χ0n) is 16.3. The zero-order valence-corrected chi connectivity index (χ0v) is 16.3. The lowest BCUT2D eigenvalue weighted by Crippen LogP contribution is -2.47. The van der Waals surface area contributed by atoms with E-state index in [9.17, 15) is 19.1 Å². The van der Waals surface area contributed by atoms with Gasteiger partial charge in [-0.3, -0.25) is 9.59 Å². The van der Waals surface area contributed by atoms with E-state index in [1.54, 1.807) is 17.0 Å². The van der Waals surface area contributed by atoms with E-state index in [1.165, 1.54) is 12.1 Å². The van der Waals surface area contributed by atoms with Crippen molar-refractivity contribution in [3.8, 4) is 0 Å². The fourth-order valence-corrected chi connectivity index (χ4v) is 4.73. The lowest BCUT2D eigenvalue weighted by Gasteiger charge is -2.42. The van der Waals surface area contributed by atoms with Gasteiger partial charge < -0.3 is 14.9 Å². The van der Waals surface area contributed by atoms with Crippen LogP contribution >= 0.6 is 0 Å². The maximum Gasteiger partial charge on any atom is 0.253 e. The first-order chi connectivity index (χ1) is 14.0. The van der Waals surface area contributed by atoms with Crippen LogP contribution in [0.25, 0.3) is 0 Å². The fraction of sp³-hybridized carbons (Fsp3) is 0.391. The number of hydrogen-bond donors (Lipinski definition) is 1. The molecule has 6 heteroatoms. The molecule has 2 aromatic carbocycles. The molecule has 2 aromatic rings. The zero-order chi connectivity index (χ0) is 20.4. The summed E-state index contributed by atoms with van der Waals surface area (Å²) < 4.78 is 13.5. The first kappa shape index (κ1) is 19.6. The van der Waals surface area contributed by atoms with Gasteiger partial charge in [-0.15, -0.1) is 0 Å². The van der Waals surface area contributed by atoms with Gasteiger partial charge in [0, 0.05) is 49.8 Å². The molecule has 0 aromatic heterocycles. The minimum atomic E-state index is -0.421. The Balaban J connectivity index is 1.45. The van der Waals surface area contributed by atoms with Crippen LogP contribution in [-0.4, -0.2) is 59.5 Å². The number of carbonyl (C=O) groups excluding carboxylic acids is 2. The van der Waals surface area contributed by atoms with Gasteiger partial charge in [0.05, 0.1) is 0 Å². The molecule has 2 heterocycles. The van der Waals surface area contributed by atoms with Crippen molar-refractivity contribution >= 4 is 11.8 Å². The fourth-order valence-electron chi connectivity index (χ4n) is 4.73. The van der Waals surface area contributed by atoms with Crippen molar-refractivity contribution in [3.63, 3.8) is 0 Å². The molecule has 1 N–H and O–H groups in total. The van der Waals surface area contributed by atoms with Crippen LogP contribution in [0, 0.1) is 17.2 Å². The molecule has 1 atom stereocenters. The third kappa shape index (κ3) is 3.77. The van der Waals surface area contributed by atoms with Gasteiger partial charge in [0.15, 0.2) is 0 Å². The number of aliphatic hydroxyl groups is 1.